The molecule has 0 amide bonds. The van der Waals surface area contributed by atoms with Crippen LogP contribution in [0.25, 0.3) is 0 Å². The SMILES string of the molecule is Cc1ccc(C)c(CC(O)Cc2cnn(C)c2)c1. The van der Waals surface area contributed by atoms with E-state index in [1.165, 1.54) is 16.7 Å². The van der Waals surface area contributed by atoms with Crippen molar-refractivity contribution in [3.05, 3.63) is 52.8 Å². The number of aliphatic hydroxyl groups excluding tert-OH is 1. The van der Waals surface area contributed by atoms with Gasteiger partial charge in [-0.25, -0.2) is 0 Å². The minimum Gasteiger partial charge on any atom is -0.392 e. The zero-order valence-electron chi connectivity index (χ0n) is 11.2. The van der Waals surface area contributed by atoms with Crippen LogP contribution < -0.4 is 0 Å². The number of hydrogen-bond acceptors (Lipinski definition) is 2. The number of rotatable bonds is 4. The first-order valence-electron chi connectivity index (χ1n) is 6.26. The lowest BCUT2D eigenvalue weighted by atomic mass is 9.98. The Balaban J connectivity index is 2.02. The van der Waals surface area contributed by atoms with Crippen LogP contribution in [0.5, 0.6) is 0 Å². The fourth-order valence-corrected chi connectivity index (χ4v) is 2.20. The normalized spacial score (nSPS) is 12.7. The van der Waals surface area contributed by atoms with Gasteiger partial charge in [-0.1, -0.05) is 23.8 Å². The Morgan fingerprint density at radius 2 is 2.06 bits per heavy atom. The number of benzene rings is 1. The number of aliphatic hydroxyl groups is 1. The third-order valence-corrected chi connectivity index (χ3v) is 3.19. The van der Waals surface area contributed by atoms with E-state index in [9.17, 15) is 5.11 Å². The summed E-state index contributed by atoms with van der Waals surface area (Å²) in [5.41, 5.74) is 4.79. The van der Waals surface area contributed by atoms with Gasteiger partial charge in [-0.3, -0.25) is 4.68 Å². The molecule has 2 rings (SSSR count). The number of hydrogen-bond donors (Lipinski definition) is 1. The summed E-state index contributed by atoms with van der Waals surface area (Å²) in [5, 5.41) is 14.3. The Labute approximate surface area is 108 Å². The Kier molecular flexibility index (Phi) is 3.82. The topological polar surface area (TPSA) is 38.1 Å². The molecule has 1 aromatic heterocycles. The van der Waals surface area contributed by atoms with Gasteiger partial charge in [0.05, 0.1) is 12.3 Å². The lowest BCUT2D eigenvalue weighted by Gasteiger charge is -2.12. The molecule has 0 aliphatic rings. The van der Waals surface area contributed by atoms with Gasteiger partial charge in [0, 0.05) is 19.7 Å². The second-order valence-electron chi connectivity index (χ2n) is 5.01. The average molecular weight is 244 g/mol. The van der Waals surface area contributed by atoms with Crippen molar-refractivity contribution in [2.75, 3.05) is 0 Å². The van der Waals surface area contributed by atoms with Crippen molar-refractivity contribution in [3.63, 3.8) is 0 Å². The summed E-state index contributed by atoms with van der Waals surface area (Å²) in [6.07, 6.45) is 4.76. The third kappa shape index (κ3) is 3.20. The van der Waals surface area contributed by atoms with Crippen molar-refractivity contribution in [1.82, 2.24) is 9.78 Å². The Bertz CT molecular complexity index is 531. The highest BCUT2D eigenvalue weighted by Crippen LogP contribution is 2.14. The lowest BCUT2D eigenvalue weighted by molar-refractivity contribution is 0.175. The van der Waals surface area contributed by atoms with Gasteiger partial charge in [0.15, 0.2) is 0 Å². The highest BCUT2D eigenvalue weighted by Gasteiger charge is 2.10. The average Bonchev–Trinajstić information content (AvgIpc) is 2.69. The van der Waals surface area contributed by atoms with Crippen LogP contribution in [0.3, 0.4) is 0 Å². The summed E-state index contributed by atoms with van der Waals surface area (Å²) in [6.45, 7) is 4.17. The van der Waals surface area contributed by atoms with Crippen LogP contribution in [0.2, 0.25) is 0 Å². The maximum atomic E-state index is 10.1. The molecule has 1 atom stereocenters. The summed E-state index contributed by atoms with van der Waals surface area (Å²) >= 11 is 0. The van der Waals surface area contributed by atoms with Gasteiger partial charge in [0.25, 0.3) is 0 Å². The van der Waals surface area contributed by atoms with E-state index in [1.807, 2.05) is 19.4 Å². The van der Waals surface area contributed by atoms with Crippen molar-refractivity contribution in [1.29, 1.82) is 0 Å². The number of aryl methyl sites for hydroxylation is 3. The van der Waals surface area contributed by atoms with Crippen LogP contribution in [-0.2, 0) is 19.9 Å². The molecule has 0 bridgehead atoms. The fourth-order valence-electron chi connectivity index (χ4n) is 2.20. The van der Waals surface area contributed by atoms with Gasteiger partial charge in [-0.2, -0.15) is 5.10 Å². The first-order chi connectivity index (χ1) is 8.54. The van der Waals surface area contributed by atoms with Crippen LogP contribution in [-0.4, -0.2) is 21.0 Å². The van der Waals surface area contributed by atoms with E-state index >= 15 is 0 Å². The second-order valence-corrected chi connectivity index (χ2v) is 5.01. The van der Waals surface area contributed by atoms with Crippen LogP contribution in [0, 0.1) is 13.8 Å². The van der Waals surface area contributed by atoms with Gasteiger partial charge in [-0.15, -0.1) is 0 Å². The highest BCUT2D eigenvalue weighted by atomic mass is 16.3. The molecule has 1 unspecified atom stereocenters. The molecule has 0 saturated heterocycles. The summed E-state index contributed by atoms with van der Waals surface area (Å²) in [5.74, 6) is 0. The molecule has 0 saturated carbocycles. The molecule has 2 aromatic rings. The van der Waals surface area contributed by atoms with Crippen molar-refractivity contribution < 1.29 is 5.11 Å². The molecule has 96 valence electrons. The quantitative estimate of drug-likeness (QED) is 0.895. The lowest BCUT2D eigenvalue weighted by Crippen LogP contribution is -2.14. The van der Waals surface area contributed by atoms with Gasteiger partial charge in [0.2, 0.25) is 0 Å². The summed E-state index contributed by atoms with van der Waals surface area (Å²) in [4.78, 5) is 0. The van der Waals surface area contributed by atoms with E-state index in [4.69, 9.17) is 0 Å². The summed E-state index contributed by atoms with van der Waals surface area (Å²) < 4.78 is 1.76. The van der Waals surface area contributed by atoms with E-state index in [0.29, 0.717) is 12.8 Å². The van der Waals surface area contributed by atoms with Crippen molar-refractivity contribution >= 4 is 0 Å². The predicted octanol–water partition coefficient (Wildman–Crippen LogP) is 2.18. The molecule has 0 aliphatic heterocycles. The summed E-state index contributed by atoms with van der Waals surface area (Å²) in [6, 6.07) is 6.37. The molecule has 1 N–H and O–H groups in total. The predicted molar refractivity (Wildman–Crippen MR) is 72.5 cm³/mol. The van der Waals surface area contributed by atoms with Gasteiger partial charge in [-0.05, 0) is 37.0 Å². The van der Waals surface area contributed by atoms with Crippen molar-refractivity contribution in [3.8, 4) is 0 Å². The largest absolute Gasteiger partial charge is 0.392 e. The molecular formula is C15H20N2O. The Morgan fingerprint density at radius 3 is 2.72 bits per heavy atom. The third-order valence-electron chi connectivity index (χ3n) is 3.19. The maximum Gasteiger partial charge on any atom is 0.0622 e. The van der Waals surface area contributed by atoms with Gasteiger partial charge >= 0.3 is 0 Å². The second kappa shape index (κ2) is 5.36. The molecule has 0 radical (unpaired) electrons. The molecule has 3 nitrogen and oxygen atoms in total. The Morgan fingerprint density at radius 1 is 1.28 bits per heavy atom. The number of aromatic nitrogens is 2. The zero-order chi connectivity index (χ0) is 13.1. The van der Waals surface area contributed by atoms with E-state index in [2.05, 4.69) is 37.1 Å². The van der Waals surface area contributed by atoms with Crippen molar-refractivity contribution in [2.24, 2.45) is 7.05 Å². The minimum absolute atomic E-state index is 0.352. The van der Waals surface area contributed by atoms with Crippen LogP contribution in [0.4, 0.5) is 0 Å². The van der Waals surface area contributed by atoms with Crippen LogP contribution >= 0.6 is 0 Å². The monoisotopic (exact) mass is 244 g/mol. The van der Waals surface area contributed by atoms with E-state index in [0.717, 1.165) is 5.56 Å². The zero-order valence-corrected chi connectivity index (χ0v) is 11.2. The molecule has 0 fully saturated rings. The standard InChI is InChI=1S/C15H20N2O/c1-11-4-5-12(2)14(6-11)8-15(18)7-13-9-16-17(3)10-13/h4-6,9-10,15,18H,7-8H2,1-3H3. The van der Waals surface area contributed by atoms with E-state index in [-0.39, 0.29) is 6.10 Å². The Hall–Kier alpha value is -1.61. The van der Waals surface area contributed by atoms with E-state index in [1.54, 1.807) is 4.68 Å². The number of nitrogens with zero attached hydrogens (tertiary/aromatic N) is 2. The molecule has 0 aliphatic carbocycles. The smallest absolute Gasteiger partial charge is 0.0622 e. The first-order valence-corrected chi connectivity index (χ1v) is 6.26. The summed E-state index contributed by atoms with van der Waals surface area (Å²) in [7, 11) is 1.89. The molecule has 0 spiro atoms. The minimum atomic E-state index is -0.352. The maximum absolute atomic E-state index is 10.1. The van der Waals surface area contributed by atoms with Gasteiger partial charge in [0.1, 0.15) is 0 Å². The van der Waals surface area contributed by atoms with E-state index < -0.39 is 0 Å². The van der Waals surface area contributed by atoms with Crippen LogP contribution in [0.15, 0.2) is 30.6 Å². The molecule has 1 heterocycles. The highest BCUT2D eigenvalue weighted by molar-refractivity contribution is 5.31. The molecule has 1 aromatic carbocycles. The molecule has 18 heavy (non-hydrogen) atoms. The van der Waals surface area contributed by atoms with Crippen molar-refractivity contribution in [2.45, 2.75) is 32.8 Å². The first kappa shape index (κ1) is 12.8. The van der Waals surface area contributed by atoms with Gasteiger partial charge < -0.3 is 5.11 Å². The molecular weight excluding hydrogens is 224 g/mol. The molecule has 3 heteroatoms. The van der Waals surface area contributed by atoms with Crippen LogP contribution in [0.1, 0.15) is 22.3 Å². The fraction of sp³-hybridized carbons (Fsp3) is 0.400.